The number of hydrogen-bond acceptors (Lipinski definition) is 8. The molecule has 0 spiro atoms. The fourth-order valence-electron chi connectivity index (χ4n) is 3.73. The Bertz CT molecular complexity index is 1570. The van der Waals surface area contributed by atoms with Crippen LogP contribution >= 0.6 is 11.3 Å². The summed E-state index contributed by atoms with van der Waals surface area (Å²) >= 11 is 1.13. The van der Waals surface area contributed by atoms with Crippen molar-refractivity contribution >= 4 is 49.2 Å². The third-order valence-corrected chi connectivity index (χ3v) is 10.1. The molecule has 12 nitrogen and oxygen atoms in total. The number of carbonyl (C=O) groups excluding carboxylic acids is 1. The smallest absolute Gasteiger partial charge is 0.405 e. The van der Waals surface area contributed by atoms with Gasteiger partial charge >= 0.3 is 16.4 Å². The first kappa shape index (κ1) is 32.0. The van der Waals surface area contributed by atoms with Gasteiger partial charge in [0.15, 0.2) is 9.84 Å². The van der Waals surface area contributed by atoms with E-state index in [1.165, 1.54) is 12.1 Å². The quantitative estimate of drug-likeness (QED) is 0.188. The molecule has 0 saturated heterocycles. The summed E-state index contributed by atoms with van der Waals surface area (Å²) in [6.07, 6.45) is -1.12. The first-order valence-corrected chi connectivity index (χ1v) is 16.3. The van der Waals surface area contributed by atoms with E-state index in [1.54, 1.807) is 68.6 Å². The van der Waals surface area contributed by atoms with E-state index in [2.05, 4.69) is 15.6 Å². The molecule has 222 valence electrons. The number of rotatable bonds is 12. The maximum absolute atomic E-state index is 13.4. The monoisotopic (exact) mass is 624 g/mol. The Morgan fingerprint density at radius 3 is 2.10 bits per heavy atom. The number of carboxylic acid groups (broad SMARTS) is 1. The summed E-state index contributed by atoms with van der Waals surface area (Å²) in [5.41, 5.74) is 1.90. The lowest BCUT2D eigenvalue weighted by Gasteiger charge is -2.22. The van der Waals surface area contributed by atoms with E-state index in [0.717, 1.165) is 16.9 Å². The van der Waals surface area contributed by atoms with Crippen LogP contribution in [0.1, 0.15) is 48.6 Å². The average molecular weight is 625 g/mol. The molecule has 0 bridgehead atoms. The third-order valence-electron chi connectivity index (χ3n) is 6.03. The van der Waals surface area contributed by atoms with Crippen LogP contribution in [0.25, 0.3) is 0 Å². The van der Waals surface area contributed by atoms with Crippen LogP contribution in [0.4, 0.5) is 10.5 Å². The van der Waals surface area contributed by atoms with Crippen LogP contribution in [0.5, 0.6) is 0 Å². The van der Waals surface area contributed by atoms with Gasteiger partial charge in [0.1, 0.15) is 16.8 Å². The van der Waals surface area contributed by atoms with Crippen molar-refractivity contribution < 1.29 is 36.1 Å². The van der Waals surface area contributed by atoms with Crippen LogP contribution in [-0.2, 0) is 43.5 Å². The van der Waals surface area contributed by atoms with E-state index < -0.39 is 49.0 Å². The van der Waals surface area contributed by atoms with E-state index in [-0.39, 0.29) is 24.3 Å². The van der Waals surface area contributed by atoms with Crippen LogP contribution in [-0.4, -0.2) is 54.3 Å². The molecule has 2 amide bonds. The van der Waals surface area contributed by atoms with Crippen LogP contribution in [0.2, 0.25) is 0 Å². The summed E-state index contributed by atoms with van der Waals surface area (Å²) in [6.45, 7) is 4.80. The van der Waals surface area contributed by atoms with Gasteiger partial charge in [-0.05, 0) is 50.5 Å². The van der Waals surface area contributed by atoms with Gasteiger partial charge in [-0.1, -0.05) is 42.5 Å². The number of aromatic nitrogens is 1. The Hall–Kier alpha value is -3.53. The lowest BCUT2D eigenvalue weighted by molar-refractivity contribution is -0.123. The zero-order chi connectivity index (χ0) is 30.4. The van der Waals surface area contributed by atoms with Crippen LogP contribution in [0, 0.1) is 0 Å². The molecular formula is C26H32N4O8S3. The minimum Gasteiger partial charge on any atom is -0.465 e. The fraction of sp³-hybridized carbons (Fsp3) is 0.346. The summed E-state index contributed by atoms with van der Waals surface area (Å²) in [5, 5.41) is 16.4. The van der Waals surface area contributed by atoms with Crippen molar-refractivity contribution in [2.45, 2.75) is 56.2 Å². The molecule has 41 heavy (non-hydrogen) atoms. The Kier molecular flexibility index (Phi) is 10.1. The largest absolute Gasteiger partial charge is 0.465 e. The van der Waals surface area contributed by atoms with E-state index in [1.807, 2.05) is 4.72 Å². The molecule has 2 aromatic carbocycles. The number of anilines is 1. The maximum atomic E-state index is 13.4. The number of sulfone groups is 1. The van der Waals surface area contributed by atoms with E-state index in [9.17, 15) is 31.5 Å². The molecule has 5 N–H and O–H groups in total. The van der Waals surface area contributed by atoms with Crippen molar-refractivity contribution in [3.05, 3.63) is 81.8 Å². The lowest BCUT2D eigenvalue weighted by atomic mass is 10.0. The van der Waals surface area contributed by atoms with Crippen LogP contribution in [0.15, 0.2) is 60.0 Å². The Labute approximate surface area is 243 Å². The summed E-state index contributed by atoms with van der Waals surface area (Å²) in [7, 11) is -7.98. The molecule has 0 unspecified atom stereocenters. The van der Waals surface area contributed by atoms with Gasteiger partial charge < -0.3 is 15.7 Å². The van der Waals surface area contributed by atoms with Crippen molar-refractivity contribution in [2.75, 3.05) is 4.72 Å². The van der Waals surface area contributed by atoms with E-state index in [0.29, 0.717) is 16.3 Å². The summed E-state index contributed by atoms with van der Waals surface area (Å²) in [5.74, 6) is -0.891. The molecular weight excluding hydrogens is 593 g/mol. The first-order chi connectivity index (χ1) is 19.0. The molecule has 1 heterocycles. The topological polar surface area (TPSA) is 192 Å². The van der Waals surface area contributed by atoms with Gasteiger partial charge in [-0.15, -0.1) is 11.3 Å². The lowest BCUT2D eigenvalue weighted by Crippen LogP contribution is -2.48. The number of amides is 2. The van der Waals surface area contributed by atoms with Crippen molar-refractivity contribution in [1.82, 2.24) is 15.6 Å². The van der Waals surface area contributed by atoms with Crippen molar-refractivity contribution in [1.29, 1.82) is 0 Å². The summed E-state index contributed by atoms with van der Waals surface area (Å²) < 4.78 is 57.6. The van der Waals surface area contributed by atoms with Crippen molar-refractivity contribution in [3.8, 4) is 0 Å². The van der Waals surface area contributed by atoms with Gasteiger partial charge in [0.05, 0.1) is 22.2 Å². The van der Waals surface area contributed by atoms with Crippen molar-refractivity contribution in [2.24, 2.45) is 0 Å². The minimum atomic E-state index is -4.46. The highest BCUT2D eigenvalue weighted by molar-refractivity contribution is 7.92. The second-order valence-corrected chi connectivity index (χ2v) is 15.1. The molecule has 3 rings (SSSR count). The molecule has 15 heteroatoms. The van der Waals surface area contributed by atoms with Crippen LogP contribution < -0.4 is 15.4 Å². The molecule has 1 aromatic heterocycles. The summed E-state index contributed by atoms with van der Waals surface area (Å²) in [4.78, 5) is 29.3. The number of nitrogens with one attached hydrogen (secondary N) is 3. The minimum absolute atomic E-state index is 0.0911. The molecule has 0 aliphatic rings. The molecule has 0 fully saturated rings. The highest BCUT2D eigenvalue weighted by atomic mass is 32.2. The Morgan fingerprint density at radius 1 is 0.927 bits per heavy atom. The average Bonchev–Trinajstić information content (AvgIpc) is 3.31. The number of nitrogens with zero attached hydrogens (tertiary/aromatic N) is 1. The van der Waals surface area contributed by atoms with Gasteiger partial charge in [0.2, 0.25) is 5.91 Å². The predicted molar refractivity (Wildman–Crippen MR) is 156 cm³/mol. The molecule has 2 atom stereocenters. The van der Waals surface area contributed by atoms with E-state index >= 15 is 0 Å². The second-order valence-electron chi connectivity index (χ2n) is 10.3. The molecule has 3 aromatic rings. The Morgan fingerprint density at radius 2 is 1.54 bits per heavy atom. The molecule has 0 saturated carbocycles. The van der Waals surface area contributed by atoms with Gasteiger partial charge in [-0.25, -0.2) is 18.2 Å². The predicted octanol–water partition coefficient (Wildman–Crippen LogP) is 3.35. The zero-order valence-corrected chi connectivity index (χ0v) is 25.0. The number of thiazole rings is 1. The fourth-order valence-corrected chi connectivity index (χ4v) is 6.36. The van der Waals surface area contributed by atoms with Gasteiger partial charge in [-0.3, -0.25) is 14.1 Å². The van der Waals surface area contributed by atoms with E-state index in [4.69, 9.17) is 4.55 Å². The summed E-state index contributed by atoms with van der Waals surface area (Å²) in [6, 6.07) is 13.0. The second kappa shape index (κ2) is 13.0. The van der Waals surface area contributed by atoms with Crippen molar-refractivity contribution in [3.63, 3.8) is 0 Å². The number of benzene rings is 2. The zero-order valence-electron chi connectivity index (χ0n) is 22.6. The van der Waals surface area contributed by atoms with Gasteiger partial charge in [0.25, 0.3) is 0 Å². The SMILES string of the molecule is CC(C)(C)S(=O)(=O)Cc1nc([C@H](Cc2ccc(NS(=O)(=O)O)cc2)NC(=O)[C@H](Cc2ccccc2)NC(=O)O)cs1. The van der Waals surface area contributed by atoms with Gasteiger partial charge in [-0.2, -0.15) is 8.42 Å². The first-order valence-electron chi connectivity index (χ1n) is 12.4. The number of hydrogen-bond donors (Lipinski definition) is 5. The standard InChI is InChI=1S/C26H32N4O8S3/c1-26(2,3)40(34,35)16-23-27-22(15-39-23)20(13-18-9-11-19(12-10-18)30-41(36,37)38)28-24(31)21(29-25(32)33)14-17-7-5-4-6-8-17/h4-12,15,20-21,29-30H,13-14,16H2,1-3H3,(H,28,31)(H,32,33)(H,36,37,38)/t20-,21-/m0/s1. The van der Waals surface area contributed by atoms with Gasteiger partial charge in [0, 0.05) is 11.8 Å². The third kappa shape index (κ3) is 9.81. The molecule has 0 aliphatic heterocycles. The molecule has 0 radical (unpaired) electrons. The number of carbonyl (C=O) groups is 2. The maximum Gasteiger partial charge on any atom is 0.405 e. The Balaban J connectivity index is 1.90. The normalized spacial score (nSPS) is 13.7. The van der Waals surface area contributed by atoms with Crippen LogP contribution in [0.3, 0.4) is 0 Å². The highest BCUT2D eigenvalue weighted by Gasteiger charge is 2.31. The highest BCUT2D eigenvalue weighted by Crippen LogP contribution is 2.26. The molecule has 0 aliphatic carbocycles.